The molecule has 5 heteroatoms. The van der Waals surface area contributed by atoms with Gasteiger partial charge >= 0.3 is 0 Å². The Labute approximate surface area is 114 Å². The zero-order valence-corrected chi connectivity index (χ0v) is 11.9. The summed E-state index contributed by atoms with van der Waals surface area (Å²) in [7, 11) is 1.86. The number of aromatic nitrogens is 2. The van der Waals surface area contributed by atoms with Gasteiger partial charge in [-0.2, -0.15) is 5.10 Å². The summed E-state index contributed by atoms with van der Waals surface area (Å²) in [5, 5.41) is 4.31. The van der Waals surface area contributed by atoms with Crippen molar-refractivity contribution in [2.75, 3.05) is 0 Å². The van der Waals surface area contributed by atoms with Crippen LogP contribution in [0.1, 0.15) is 11.3 Å². The van der Waals surface area contributed by atoms with Crippen molar-refractivity contribution in [3.05, 3.63) is 39.1 Å². The summed E-state index contributed by atoms with van der Waals surface area (Å²) in [6.45, 7) is 2.36. The summed E-state index contributed by atoms with van der Waals surface area (Å²) in [5.74, 6) is 1.52. The SMILES string of the molecule is Cc1nn(C)c(Oc2cccc(I)c2)c1CN. The molecular weight excluding hydrogens is 329 g/mol. The molecule has 0 atom stereocenters. The number of nitrogens with two attached hydrogens (primary N) is 1. The first-order valence-electron chi connectivity index (χ1n) is 5.27. The maximum absolute atomic E-state index is 5.85. The van der Waals surface area contributed by atoms with Crippen LogP contribution in [0.4, 0.5) is 0 Å². The lowest BCUT2D eigenvalue weighted by atomic mass is 10.2. The van der Waals surface area contributed by atoms with E-state index in [2.05, 4.69) is 27.7 Å². The normalized spacial score (nSPS) is 10.6. The first kappa shape index (κ1) is 12.4. The van der Waals surface area contributed by atoms with Crippen LogP contribution in [0.5, 0.6) is 11.6 Å². The van der Waals surface area contributed by atoms with Gasteiger partial charge in [0.1, 0.15) is 5.75 Å². The molecule has 1 aromatic carbocycles. The van der Waals surface area contributed by atoms with Crippen LogP contribution in [-0.4, -0.2) is 9.78 Å². The lowest BCUT2D eigenvalue weighted by Gasteiger charge is -2.08. The first-order valence-corrected chi connectivity index (χ1v) is 6.35. The van der Waals surface area contributed by atoms with Crippen molar-refractivity contribution in [2.45, 2.75) is 13.5 Å². The van der Waals surface area contributed by atoms with Crippen LogP contribution in [0, 0.1) is 10.5 Å². The van der Waals surface area contributed by atoms with E-state index in [9.17, 15) is 0 Å². The van der Waals surface area contributed by atoms with E-state index in [4.69, 9.17) is 10.5 Å². The lowest BCUT2D eigenvalue weighted by molar-refractivity contribution is 0.425. The van der Waals surface area contributed by atoms with E-state index in [0.717, 1.165) is 20.6 Å². The molecule has 0 aliphatic heterocycles. The second-order valence-electron chi connectivity index (χ2n) is 3.76. The van der Waals surface area contributed by atoms with E-state index in [1.165, 1.54) is 0 Å². The second-order valence-corrected chi connectivity index (χ2v) is 5.00. The molecule has 0 radical (unpaired) electrons. The smallest absolute Gasteiger partial charge is 0.222 e. The topological polar surface area (TPSA) is 53.1 Å². The van der Waals surface area contributed by atoms with Gasteiger partial charge in [0.2, 0.25) is 5.88 Å². The van der Waals surface area contributed by atoms with Crippen LogP contribution in [0.2, 0.25) is 0 Å². The molecule has 0 saturated carbocycles. The van der Waals surface area contributed by atoms with E-state index in [0.29, 0.717) is 12.4 Å². The fourth-order valence-electron chi connectivity index (χ4n) is 1.69. The van der Waals surface area contributed by atoms with E-state index in [1.807, 2.05) is 38.2 Å². The van der Waals surface area contributed by atoms with Gasteiger partial charge in [0, 0.05) is 17.2 Å². The Bertz CT molecular complexity index is 537. The van der Waals surface area contributed by atoms with Crippen LogP contribution in [0.3, 0.4) is 0 Å². The zero-order chi connectivity index (χ0) is 12.4. The van der Waals surface area contributed by atoms with Crippen molar-refractivity contribution in [2.24, 2.45) is 12.8 Å². The van der Waals surface area contributed by atoms with Crippen LogP contribution in [0.15, 0.2) is 24.3 Å². The van der Waals surface area contributed by atoms with Gasteiger partial charge < -0.3 is 10.5 Å². The molecule has 90 valence electrons. The molecule has 0 unspecified atom stereocenters. The van der Waals surface area contributed by atoms with Crippen molar-refractivity contribution in [1.82, 2.24) is 9.78 Å². The Morgan fingerprint density at radius 3 is 2.88 bits per heavy atom. The van der Waals surface area contributed by atoms with Gasteiger partial charge in [0.25, 0.3) is 0 Å². The van der Waals surface area contributed by atoms with Gasteiger partial charge in [-0.1, -0.05) is 6.07 Å². The summed E-state index contributed by atoms with van der Waals surface area (Å²) in [6.07, 6.45) is 0. The van der Waals surface area contributed by atoms with Crippen LogP contribution in [-0.2, 0) is 13.6 Å². The highest BCUT2D eigenvalue weighted by molar-refractivity contribution is 14.1. The standard InChI is InChI=1S/C12H14IN3O/c1-8-11(7-14)12(16(2)15-8)17-10-5-3-4-9(13)6-10/h3-6H,7,14H2,1-2H3. The number of nitrogens with zero attached hydrogens (tertiary/aromatic N) is 2. The number of benzene rings is 1. The molecule has 0 saturated heterocycles. The average Bonchev–Trinajstić information content (AvgIpc) is 2.53. The maximum atomic E-state index is 5.85. The van der Waals surface area contributed by atoms with E-state index < -0.39 is 0 Å². The molecule has 17 heavy (non-hydrogen) atoms. The largest absolute Gasteiger partial charge is 0.439 e. The Kier molecular flexibility index (Phi) is 3.68. The van der Waals surface area contributed by atoms with Crippen molar-refractivity contribution >= 4 is 22.6 Å². The fourth-order valence-corrected chi connectivity index (χ4v) is 2.20. The number of ether oxygens (including phenoxy) is 1. The van der Waals surface area contributed by atoms with Crippen molar-refractivity contribution in [3.8, 4) is 11.6 Å². The van der Waals surface area contributed by atoms with Gasteiger partial charge in [0.15, 0.2) is 0 Å². The number of hydrogen-bond acceptors (Lipinski definition) is 3. The van der Waals surface area contributed by atoms with E-state index >= 15 is 0 Å². The predicted octanol–water partition coefficient (Wildman–Crippen LogP) is 2.58. The fraction of sp³-hybridized carbons (Fsp3) is 0.250. The molecule has 0 spiro atoms. The quantitative estimate of drug-likeness (QED) is 0.872. The third kappa shape index (κ3) is 2.61. The maximum Gasteiger partial charge on any atom is 0.222 e. The first-order chi connectivity index (χ1) is 8.11. The van der Waals surface area contributed by atoms with Crippen molar-refractivity contribution < 1.29 is 4.74 Å². The molecule has 0 amide bonds. The second kappa shape index (κ2) is 5.05. The molecule has 4 nitrogen and oxygen atoms in total. The van der Waals surface area contributed by atoms with Gasteiger partial charge in [-0.25, -0.2) is 4.68 Å². The Hall–Kier alpha value is -1.08. The Morgan fingerprint density at radius 2 is 2.24 bits per heavy atom. The highest BCUT2D eigenvalue weighted by Gasteiger charge is 2.13. The highest BCUT2D eigenvalue weighted by Crippen LogP contribution is 2.27. The summed E-state index contributed by atoms with van der Waals surface area (Å²) in [5.41, 5.74) is 7.58. The minimum Gasteiger partial charge on any atom is -0.439 e. The monoisotopic (exact) mass is 343 g/mol. The van der Waals surface area contributed by atoms with Crippen molar-refractivity contribution in [1.29, 1.82) is 0 Å². The molecule has 2 aromatic rings. The molecule has 2 N–H and O–H groups in total. The van der Waals surface area contributed by atoms with Gasteiger partial charge in [0.05, 0.1) is 11.3 Å². The average molecular weight is 343 g/mol. The van der Waals surface area contributed by atoms with Crippen LogP contribution >= 0.6 is 22.6 Å². The summed E-state index contributed by atoms with van der Waals surface area (Å²) in [6, 6.07) is 7.88. The van der Waals surface area contributed by atoms with Gasteiger partial charge in [-0.3, -0.25) is 0 Å². The van der Waals surface area contributed by atoms with Gasteiger partial charge in [-0.15, -0.1) is 0 Å². The third-order valence-electron chi connectivity index (χ3n) is 2.50. The molecule has 0 aliphatic rings. The summed E-state index contributed by atoms with van der Waals surface area (Å²) >= 11 is 2.25. The third-order valence-corrected chi connectivity index (χ3v) is 3.17. The van der Waals surface area contributed by atoms with Crippen molar-refractivity contribution in [3.63, 3.8) is 0 Å². The molecule has 1 heterocycles. The number of hydrogen-bond donors (Lipinski definition) is 1. The van der Waals surface area contributed by atoms with E-state index in [1.54, 1.807) is 4.68 Å². The molecule has 0 fully saturated rings. The predicted molar refractivity (Wildman–Crippen MR) is 75.1 cm³/mol. The van der Waals surface area contributed by atoms with E-state index in [-0.39, 0.29) is 0 Å². The molecule has 0 aliphatic carbocycles. The molecule has 0 bridgehead atoms. The number of halogens is 1. The number of rotatable bonds is 3. The Morgan fingerprint density at radius 1 is 1.47 bits per heavy atom. The minimum atomic E-state index is 0.429. The Balaban J connectivity index is 2.36. The van der Waals surface area contributed by atoms with Crippen LogP contribution < -0.4 is 10.5 Å². The highest BCUT2D eigenvalue weighted by atomic mass is 127. The zero-order valence-electron chi connectivity index (χ0n) is 9.77. The van der Waals surface area contributed by atoms with Crippen LogP contribution in [0.25, 0.3) is 0 Å². The minimum absolute atomic E-state index is 0.429. The summed E-state index contributed by atoms with van der Waals surface area (Å²) in [4.78, 5) is 0. The molecule has 2 rings (SSSR count). The van der Waals surface area contributed by atoms with Gasteiger partial charge in [-0.05, 0) is 47.7 Å². The number of aryl methyl sites for hydroxylation is 2. The molecular formula is C12H14IN3O. The summed E-state index contributed by atoms with van der Waals surface area (Å²) < 4.78 is 8.70. The lowest BCUT2D eigenvalue weighted by Crippen LogP contribution is -2.01. The molecule has 1 aromatic heterocycles.